The molecular formula is C27H29. The van der Waals surface area contributed by atoms with Crippen molar-refractivity contribution in [3.8, 4) is 0 Å². The number of hydrogen-bond donors (Lipinski definition) is 0. The molecule has 0 heterocycles. The van der Waals surface area contributed by atoms with E-state index in [-0.39, 0.29) is 10.8 Å². The fourth-order valence-electron chi connectivity index (χ4n) is 4.28. The molecule has 0 unspecified atom stereocenters. The summed E-state index contributed by atoms with van der Waals surface area (Å²) in [4.78, 5) is 0. The Morgan fingerprint density at radius 3 is 2.22 bits per heavy atom. The van der Waals surface area contributed by atoms with Crippen LogP contribution in [0, 0.1) is 21.3 Å². The topological polar surface area (TPSA) is 0 Å². The van der Waals surface area contributed by atoms with Crippen molar-refractivity contribution in [2.24, 2.45) is 10.8 Å². The second-order valence-electron chi connectivity index (χ2n) is 9.93. The summed E-state index contributed by atoms with van der Waals surface area (Å²) in [5.41, 5.74) is 7.19. The first kappa shape index (κ1) is 18.0. The monoisotopic (exact) mass is 353 g/mol. The Morgan fingerprint density at radius 2 is 1.56 bits per heavy atom. The van der Waals surface area contributed by atoms with Crippen molar-refractivity contribution in [1.82, 2.24) is 0 Å². The van der Waals surface area contributed by atoms with E-state index < -0.39 is 0 Å². The summed E-state index contributed by atoms with van der Waals surface area (Å²) in [5.74, 6) is 0. The van der Waals surface area contributed by atoms with E-state index >= 15 is 0 Å². The molecule has 0 heteroatoms. The normalized spacial score (nSPS) is 16.1. The van der Waals surface area contributed by atoms with E-state index in [9.17, 15) is 0 Å². The Kier molecular flexibility index (Phi) is 3.89. The predicted octanol–water partition coefficient (Wildman–Crippen LogP) is 5.58. The lowest BCUT2D eigenvalue weighted by molar-refractivity contribution is 0.494. The van der Waals surface area contributed by atoms with Crippen LogP contribution in [0.1, 0.15) is 59.1 Å². The van der Waals surface area contributed by atoms with Crippen molar-refractivity contribution in [2.75, 3.05) is 0 Å². The third-order valence-electron chi connectivity index (χ3n) is 5.85. The molecule has 137 valence electrons. The Labute approximate surface area is 163 Å². The zero-order chi connectivity index (χ0) is 19.6. The number of allylic oxidation sites excluding steroid dienone is 4. The molecule has 0 aromatic heterocycles. The van der Waals surface area contributed by atoms with E-state index in [1.807, 2.05) is 0 Å². The third-order valence-corrected chi connectivity index (χ3v) is 5.85. The lowest BCUT2D eigenvalue weighted by Crippen LogP contribution is -2.14. The van der Waals surface area contributed by atoms with Gasteiger partial charge in [-0.1, -0.05) is 96.2 Å². The first-order chi connectivity index (χ1) is 12.6. The third kappa shape index (κ3) is 2.92. The van der Waals surface area contributed by atoms with Crippen molar-refractivity contribution in [3.63, 3.8) is 0 Å². The molecule has 0 nitrogen and oxygen atoms in total. The predicted molar refractivity (Wildman–Crippen MR) is 116 cm³/mol. The van der Waals surface area contributed by atoms with Gasteiger partial charge in [0.2, 0.25) is 0 Å². The van der Waals surface area contributed by atoms with Crippen LogP contribution in [0.3, 0.4) is 0 Å². The summed E-state index contributed by atoms with van der Waals surface area (Å²) in [5, 5.41) is 4.88. The summed E-state index contributed by atoms with van der Waals surface area (Å²) in [6.45, 7) is 18.3. The Bertz CT molecular complexity index is 1200. The maximum atomic E-state index is 4.41. The molecule has 0 amide bonds. The molecule has 2 aromatic carbocycles. The van der Waals surface area contributed by atoms with Gasteiger partial charge in [0.15, 0.2) is 0 Å². The van der Waals surface area contributed by atoms with E-state index in [0.717, 1.165) is 11.6 Å². The molecular weight excluding hydrogens is 324 g/mol. The molecule has 0 saturated carbocycles. The Balaban J connectivity index is 2.03. The largest absolute Gasteiger partial charge is 0.0911 e. The van der Waals surface area contributed by atoms with Gasteiger partial charge in [-0.05, 0) is 66.5 Å². The van der Waals surface area contributed by atoms with Crippen molar-refractivity contribution < 1.29 is 0 Å². The maximum Gasteiger partial charge on any atom is -0.000731 e. The molecule has 2 aliphatic rings. The van der Waals surface area contributed by atoms with Crippen LogP contribution in [-0.2, 0) is 0 Å². The molecule has 0 N–H and O–H groups in total. The molecule has 0 fully saturated rings. The average Bonchev–Trinajstić information content (AvgIpc) is 3.15. The molecule has 2 aliphatic carbocycles. The fourth-order valence-corrected chi connectivity index (χ4v) is 4.28. The zero-order valence-corrected chi connectivity index (χ0v) is 17.5. The quantitative estimate of drug-likeness (QED) is 0.536. The smallest absolute Gasteiger partial charge is 0.000731 e. The summed E-state index contributed by atoms with van der Waals surface area (Å²) in [6, 6.07) is 13.0. The molecule has 1 radical (unpaired) electrons. The summed E-state index contributed by atoms with van der Waals surface area (Å²) in [6.07, 6.45) is 7.15. The van der Waals surface area contributed by atoms with Crippen LogP contribution in [0.25, 0.3) is 18.2 Å². The lowest BCUT2D eigenvalue weighted by atomic mass is 9.81. The van der Waals surface area contributed by atoms with Crippen molar-refractivity contribution in [1.29, 1.82) is 0 Å². The highest BCUT2D eigenvalue weighted by Gasteiger charge is 2.31. The number of fused-ring (bicyclic) bond motifs is 2. The molecule has 2 aromatic rings. The van der Waals surface area contributed by atoms with Gasteiger partial charge in [0.05, 0.1) is 0 Å². The van der Waals surface area contributed by atoms with Crippen molar-refractivity contribution in [2.45, 2.75) is 48.0 Å². The van der Waals surface area contributed by atoms with Crippen LogP contribution < -0.4 is 10.4 Å². The summed E-state index contributed by atoms with van der Waals surface area (Å²) in [7, 11) is 0. The van der Waals surface area contributed by atoms with Crippen molar-refractivity contribution >= 4 is 18.2 Å². The van der Waals surface area contributed by atoms with Crippen LogP contribution in [0.5, 0.6) is 0 Å². The van der Waals surface area contributed by atoms with Gasteiger partial charge in [-0.25, -0.2) is 0 Å². The number of rotatable bonds is 1. The molecule has 0 atom stereocenters. The van der Waals surface area contributed by atoms with Gasteiger partial charge in [-0.3, -0.25) is 0 Å². The van der Waals surface area contributed by atoms with Crippen LogP contribution in [0.2, 0.25) is 0 Å². The van der Waals surface area contributed by atoms with Gasteiger partial charge >= 0.3 is 0 Å². The second kappa shape index (κ2) is 5.83. The number of benzene rings is 2. The van der Waals surface area contributed by atoms with Crippen LogP contribution >= 0.6 is 0 Å². The van der Waals surface area contributed by atoms with Crippen LogP contribution in [0.4, 0.5) is 0 Å². The minimum absolute atomic E-state index is 0.100. The number of hydrogen-bond acceptors (Lipinski definition) is 0. The van der Waals surface area contributed by atoms with Crippen LogP contribution in [-0.4, -0.2) is 0 Å². The van der Waals surface area contributed by atoms with E-state index in [4.69, 9.17) is 0 Å². The molecule has 4 rings (SSSR count). The minimum Gasteiger partial charge on any atom is -0.0911 e. The maximum absolute atomic E-state index is 4.41. The van der Waals surface area contributed by atoms with Gasteiger partial charge in [0.25, 0.3) is 0 Å². The lowest BCUT2D eigenvalue weighted by Gasteiger charge is -2.23. The van der Waals surface area contributed by atoms with E-state index in [1.165, 1.54) is 43.5 Å². The van der Waals surface area contributed by atoms with Crippen molar-refractivity contribution in [3.05, 3.63) is 85.6 Å². The molecule has 0 saturated heterocycles. The summed E-state index contributed by atoms with van der Waals surface area (Å²) < 4.78 is 0. The first-order valence-corrected chi connectivity index (χ1v) is 9.88. The summed E-state index contributed by atoms with van der Waals surface area (Å²) >= 11 is 0. The van der Waals surface area contributed by atoms with Gasteiger partial charge in [-0.2, -0.15) is 0 Å². The highest BCUT2D eigenvalue weighted by Crippen LogP contribution is 2.47. The standard InChI is InChI=1S/C27H29/c1-17-12-13-21-20-11-9-8-10-18(20)14-22(21)25(17)23-15-19(26(2,3)4)16-24(23)27(5,6)7/h8-13,16H,1,15H2,2-7H3. The first-order valence-electron chi connectivity index (χ1n) is 9.88. The van der Waals surface area contributed by atoms with E-state index in [1.54, 1.807) is 0 Å². The van der Waals surface area contributed by atoms with Gasteiger partial charge in [0, 0.05) is 0 Å². The van der Waals surface area contributed by atoms with Crippen LogP contribution in [0.15, 0.2) is 53.6 Å². The van der Waals surface area contributed by atoms with Gasteiger partial charge < -0.3 is 0 Å². The molecule has 0 spiro atoms. The second-order valence-corrected chi connectivity index (χ2v) is 9.93. The average molecular weight is 354 g/mol. The molecule has 27 heavy (non-hydrogen) atoms. The minimum atomic E-state index is 0.100. The highest BCUT2D eigenvalue weighted by atomic mass is 14.4. The fraction of sp³-hybridized carbons (Fsp3) is 0.333. The van der Waals surface area contributed by atoms with E-state index in [0.29, 0.717) is 0 Å². The molecule has 0 aliphatic heterocycles. The Morgan fingerprint density at radius 1 is 0.852 bits per heavy atom. The van der Waals surface area contributed by atoms with Gasteiger partial charge in [0.1, 0.15) is 0 Å². The highest BCUT2D eigenvalue weighted by molar-refractivity contribution is 5.83. The van der Waals surface area contributed by atoms with Gasteiger partial charge in [-0.15, -0.1) is 0 Å². The SMILES string of the molecule is C=c1ccc2c(c1C1=C(C(C)(C)C)C=C(C(C)(C)C)C1)[C]=c1ccccc1=2. The zero-order valence-electron chi connectivity index (χ0n) is 17.5. The van der Waals surface area contributed by atoms with E-state index in [2.05, 4.69) is 96.7 Å². The molecule has 0 bridgehead atoms. The Hall–Kier alpha value is -2.34.